The number of imidazole rings is 1. The van der Waals surface area contributed by atoms with Crippen molar-refractivity contribution in [2.24, 2.45) is 0 Å². The van der Waals surface area contributed by atoms with E-state index in [0.717, 1.165) is 13.1 Å². The Labute approximate surface area is 99.3 Å². The van der Waals surface area contributed by atoms with Gasteiger partial charge in [-0.05, 0) is 13.8 Å². The van der Waals surface area contributed by atoms with Crippen molar-refractivity contribution >= 4 is 11.9 Å². The van der Waals surface area contributed by atoms with Crippen LogP contribution in [0.1, 0.15) is 13.8 Å². The highest BCUT2D eigenvalue weighted by Crippen LogP contribution is 2.11. The van der Waals surface area contributed by atoms with Crippen molar-refractivity contribution < 1.29 is 0 Å². The van der Waals surface area contributed by atoms with Crippen molar-refractivity contribution in [3.05, 3.63) is 18.7 Å². The number of aromatic nitrogens is 5. The number of hydrogen-bond acceptors (Lipinski definition) is 6. The largest absolute Gasteiger partial charge is 0.368 e. The highest BCUT2D eigenvalue weighted by Gasteiger charge is 2.10. The third-order valence-corrected chi connectivity index (χ3v) is 2.41. The molecular formula is C10H15N7. The van der Waals surface area contributed by atoms with Crippen LogP contribution >= 0.6 is 0 Å². The highest BCUT2D eigenvalue weighted by atomic mass is 15.3. The van der Waals surface area contributed by atoms with E-state index in [0.29, 0.717) is 11.9 Å². The molecule has 0 spiro atoms. The quantitative estimate of drug-likeness (QED) is 0.827. The van der Waals surface area contributed by atoms with Gasteiger partial charge in [0.2, 0.25) is 17.8 Å². The first kappa shape index (κ1) is 11.3. The molecule has 0 atom stereocenters. The molecule has 0 bridgehead atoms. The molecule has 2 N–H and O–H groups in total. The molecule has 0 amide bonds. The molecule has 0 saturated heterocycles. The molecule has 0 radical (unpaired) electrons. The smallest absolute Gasteiger partial charge is 0.241 e. The fourth-order valence-electron chi connectivity index (χ4n) is 1.51. The second-order valence-electron chi connectivity index (χ2n) is 3.44. The van der Waals surface area contributed by atoms with E-state index in [1.807, 2.05) is 18.7 Å². The lowest BCUT2D eigenvalue weighted by Crippen LogP contribution is -2.25. The molecule has 0 fully saturated rings. The number of hydrogen-bond donors (Lipinski definition) is 1. The molecule has 90 valence electrons. The van der Waals surface area contributed by atoms with Gasteiger partial charge in [0.05, 0.1) is 0 Å². The van der Waals surface area contributed by atoms with E-state index in [2.05, 4.69) is 19.9 Å². The van der Waals surface area contributed by atoms with Crippen LogP contribution < -0.4 is 10.6 Å². The van der Waals surface area contributed by atoms with Crippen LogP contribution in [-0.2, 0) is 0 Å². The van der Waals surface area contributed by atoms with Crippen LogP contribution in [0, 0.1) is 0 Å². The van der Waals surface area contributed by atoms with Crippen LogP contribution in [-0.4, -0.2) is 37.6 Å². The number of anilines is 2. The molecule has 2 rings (SSSR count). The molecule has 0 aliphatic rings. The third kappa shape index (κ3) is 2.32. The number of nitrogens with two attached hydrogens (primary N) is 1. The number of rotatable bonds is 4. The van der Waals surface area contributed by atoms with Gasteiger partial charge >= 0.3 is 0 Å². The molecule has 2 aromatic heterocycles. The molecular weight excluding hydrogens is 218 g/mol. The first-order valence-electron chi connectivity index (χ1n) is 5.49. The summed E-state index contributed by atoms with van der Waals surface area (Å²) in [5.74, 6) is 1.29. The van der Waals surface area contributed by atoms with Crippen LogP contribution in [0.4, 0.5) is 11.9 Å². The lowest BCUT2D eigenvalue weighted by Gasteiger charge is -2.18. The maximum Gasteiger partial charge on any atom is 0.241 e. The lowest BCUT2D eigenvalue weighted by molar-refractivity contribution is 0.797. The molecule has 7 heteroatoms. The molecule has 0 unspecified atom stereocenters. The Hall–Kier alpha value is -2.18. The van der Waals surface area contributed by atoms with E-state index < -0.39 is 0 Å². The Balaban J connectivity index is 2.42. The SMILES string of the molecule is CCN(CC)c1nc(N)nc(-n2ccnc2)n1. The third-order valence-electron chi connectivity index (χ3n) is 2.41. The molecule has 0 saturated carbocycles. The normalized spacial score (nSPS) is 10.5. The maximum atomic E-state index is 5.69. The van der Waals surface area contributed by atoms with Gasteiger partial charge in [-0.15, -0.1) is 0 Å². The number of nitrogens with zero attached hydrogens (tertiary/aromatic N) is 6. The van der Waals surface area contributed by atoms with E-state index in [1.54, 1.807) is 23.3 Å². The Kier molecular flexibility index (Phi) is 3.17. The van der Waals surface area contributed by atoms with Crippen molar-refractivity contribution in [3.8, 4) is 5.95 Å². The minimum absolute atomic E-state index is 0.214. The van der Waals surface area contributed by atoms with Crippen molar-refractivity contribution in [2.45, 2.75) is 13.8 Å². The van der Waals surface area contributed by atoms with Crippen LogP contribution in [0.15, 0.2) is 18.7 Å². The zero-order chi connectivity index (χ0) is 12.3. The summed E-state index contributed by atoms with van der Waals surface area (Å²) in [6.45, 7) is 5.73. The van der Waals surface area contributed by atoms with Gasteiger partial charge in [0.15, 0.2) is 0 Å². The summed E-state index contributed by atoms with van der Waals surface area (Å²) in [5, 5.41) is 0. The van der Waals surface area contributed by atoms with Crippen molar-refractivity contribution in [1.82, 2.24) is 24.5 Å². The van der Waals surface area contributed by atoms with Gasteiger partial charge in [-0.25, -0.2) is 4.98 Å². The van der Waals surface area contributed by atoms with E-state index in [-0.39, 0.29) is 5.95 Å². The molecule has 0 aliphatic carbocycles. The van der Waals surface area contributed by atoms with Crippen LogP contribution in [0.5, 0.6) is 0 Å². The van der Waals surface area contributed by atoms with Crippen LogP contribution in [0.25, 0.3) is 5.95 Å². The average Bonchev–Trinajstić information content (AvgIpc) is 2.83. The fourth-order valence-corrected chi connectivity index (χ4v) is 1.51. The molecule has 7 nitrogen and oxygen atoms in total. The molecule has 0 aromatic carbocycles. The zero-order valence-corrected chi connectivity index (χ0v) is 9.91. The first-order chi connectivity index (χ1) is 8.24. The standard InChI is InChI=1S/C10H15N7/c1-3-16(4-2)9-13-8(11)14-10(15-9)17-6-5-12-7-17/h5-7H,3-4H2,1-2H3,(H2,11,13,14,15). The summed E-state index contributed by atoms with van der Waals surface area (Å²) in [6.07, 6.45) is 5.05. The van der Waals surface area contributed by atoms with Gasteiger partial charge in [-0.3, -0.25) is 4.57 Å². The van der Waals surface area contributed by atoms with Gasteiger partial charge in [-0.2, -0.15) is 15.0 Å². The lowest BCUT2D eigenvalue weighted by atomic mass is 10.5. The Morgan fingerprint density at radius 2 is 2.00 bits per heavy atom. The predicted molar refractivity (Wildman–Crippen MR) is 64.9 cm³/mol. The second-order valence-corrected chi connectivity index (χ2v) is 3.44. The summed E-state index contributed by atoms with van der Waals surface area (Å²) in [5.41, 5.74) is 5.69. The monoisotopic (exact) mass is 233 g/mol. The van der Waals surface area contributed by atoms with E-state index in [4.69, 9.17) is 5.73 Å². The van der Waals surface area contributed by atoms with Crippen molar-refractivity contribution in [2.75, 3.05) is 23.7 Å². The van der Waals surface area contributed by atoms with E-state index in [9.17, 15) is 0 Å². The van der Waals surface area contributed by atoms with Crippen LogP contribution in [0.2, 0.25) is 0 Å². The zero-order valence-electron chi connectivity index (χ0n) is 9.91. The summed E-state index contributed by atoms with van der Waals surface area (Å²) in [6, 6.07) is 0. The fraction of sp³-hybridized carbons (Fsp3) is 0.400. The van der Waals surface area contributed by atoms with Gasteiger partial charge in [0, 0.05) is 25.5 Å². The summed E-state index contributed by atoms with van der Waals surface area (Å²) >= 11 is 0. The number of nitrogen functional groups attached to an aromatic ring is 1. The minimum atomic E-state index is 0.214. The Bertz CT molecular complexity index is 475. The second kappa shape index (κ2) is 4.77. The van der Waals surface area contributed by atoms with Gasteiger partial charge in [0.25, 0.3) is 0 Å². The highest BCUT2D eigenvalue weighted by molar-refractivity contribution is 5.37. The summed E-state index contributed by atoms with van der Waals surface area (Å²) in [4.78, 5) is 18.5. The minimum Gasteiger partial charge on any atom is -0.368 e. The van der Waals surface area contributed by atoms with Gasteiger partial charge < -0.3 is 10.6 Å². The molecule has 17 heavy (non-hydrogen) atoms. The predicted octanol–water partition coefficient (Wildman–Crippen LogP) is 0.486. The first-order valence-corrected chi connectivity index (χ1v) is 5.49. The van der Waals surface area contributed by atoms with Crippen molar-refractivity contribution in [1.29, 1.82) is 0 Å². The van der Waals surface area contributed by atoms with Gasteiger partial charge in [-0.1, -0.05) is 0 Å². The Morgan fingerprint density at radius 1 is 1.24 bits per heavy atom. The Morgan fingerprint density at radius 3 is 2.59 bits per heavy atom. The summed E-state index contributed by atoms with van der Waals surface area (Å²) in [7, 11) is 0. The molecule has 2 heterocycles. The topological polar surface area (TPSA) is 85.8 Å². The maximum absolute atomic E-state index is 5.69. The average molecular weight is 233 g/mol. The molecule has 0 aliphatic heterocycles. The van der Waals surface area contributed by atoms with Crippen molar-refractivity contribution in [3.63, 3.8) is 0 Å². The van der Waals surface area contributed by atoms with E-state index >= 15 is 0 Å². The van der Waals surface area contributed by atoms with Gasteiger partial charge in [0.1, 0.15) is 6.33 Å². The van der Waals surface area contributed by atoms with Crippen LogP contribution in [0.3, 0.4) is 0 Å². The summed E-state index contributed by atoms with van der Waals surface area (Å²) < 4.78 is 1.70. The molecule has 2 aromatic rings. The van der Waals surface area contributed by atoms with E-state index in [1.165, 1.54) is 0 Å².